The third-order valence-electron chi connectivity index (χ3n) is 0.431. The first kappa shape index (κ1) is 6.70. The van der Waals surface area contributed by atoms with Crippen LogP contribution in [-0.4, -0.2) is 9.97 Å². The van der Waals surface area contributed by atoms with Crippen LogP contribution in [0.5, 0.6) is 0 Å². The van der Waals surface area contributed by atoms with Crippen LogP contribution in [0.4, 0.5) is 0 Å². The molecule has 0 spiro atoms. The van der Waals surface area contributed by atoms with E-state index in [1.807, 2.05) is 0 Å². The van der Waals surface area contributed by atoms with Crippen molar-refractivity contribution in [1.29, 1.82) is 0 Å². The quantitative estimate of drug-likeness (QED) is 0.386. The van der Waals surface area contributed by atoms with Gasteiger partial charge in [-0.3, -0.25) is 9.97 Å². The van der Waals surface area contributed by atoms with Crippen molar-refractivity contribution in [3.05, 3.63) is 24.8 Å². The van der Waals surface area contributed by atoms with Gasteiger partial charge in [-0.05, 0) is 0 Å². The van der Waals surface area contributed by atoms with Gasteiger partial charge in [-0.1, -0.05) is 0 Å². The Morgan fingerprint density at radius 3 is 1.86 bits per heavy atom. The van der Waals surface area contributed by atoms with Gasteiger partial charge in [0.15, 0.2) is 0 Å². The Morgan fingerprint density at radius 1 is 1.14 bits per heavy atom. The summed E-state index contributed by atoms with van der Waals surface area (Å²) in [6, 6.07) is 2.67. The van der Waals surface area contributed by atoms with E-state index in [4.69, 9.17) is 0 Å². The summed E-state index contributed by atoms with van der Waals surface area (Å²) in [5.41, 5.74) is 0. The van der Waals surface area contributed by atoms with Crippen molar-refractivity contribution < 1.29 is 19.5 Å². The van der Waals surface area contributed by atoms with Crippen molar-refractivity contribution in [2.45, 2.75) is 0 Å². The zero-order valence-corrected chi connectivity index (χ0v) is 6.80. The number of hydrogen-bond acceptors (Lipinski definition) is 2. The van der Waals surface area contributed by atoms with Gasteiger partial charge >= 0.3 is 0 Å². The third-order valence-corrected chi connectivity index (χ3v) is 0.431. The van der Waals surface area contributed by atoms with Crippen molar-refractivity contribution >= 4 is 0 Å². The van der Waals surface area contributed by atoms with E-state index in [-0.39, 0.29) is 19.5 Å². The Bertz CT molecular complexity index is 81.6. The van der Waals surface area contributed by atoms with Crippen LogP contribution >= 0.6 is 0 Å². The van der Waals surface area contributed by atoms with Gasteiger partial charge in [-0.15, -0.1) is 12.4 Å². The molecule has 0 radical (unpaired) electrons. The first-order valence-electron chi connectivity index (χ1n) is 1.61. The predicted molar refractivity (Wildman–Crippen MR) is 20.9 cm³/mol. The van der Waals surface area contributed by atoms with Gasteiger partial charge in [0.05, 0.1) is 0 Å². The molecular formula is C4H3N2Zn-. The fraction of sp³-hybridized carbons (Fsp3) is 0. The van der Waals surface area contributed by atoms with Crippen LogP contribution < -0.4 is 0 Å². The molecule has 0 atom stereocenters. The van der Waals surface area contributed by atoms with Crippen molar-refractivity contribution in [3.8, 4) is 0 Å². The van der Waals surface area contributed by atoms with E-state index >= 15 is 0 Å². The van der Waals surface area contributed by atoms with Gasteiger partial charge in [-0.25, -0.2) is 0 Å². The summed E-state index contributed by atoms with van der Waals surface area (Å²) in [6.07, 6.45) is 4.59. The van der Waals surface area contributed by atoms with E-state index in [1.54, 1.807) is 12.4 Å². The monoisotopic (exact) mass is 143 g/mol. The van der Waals surface area contributed by atoms with E-state index in [9.17, 15) is 0 Å². The summed E-state index contributed by atoms with van der Waals surface area (Å²) >= 11 is 0. The van der Waals surface area contributed by atoms with Crippen molar-refractivity contribution in [3.63, 3.8) is 0 Å². The van der Waals surface area contributed by atoms with Gasteiger partial charge in [-0.2, -0.15) is 0 Å². The van der Waals surface area contributed by atoms with E-state index in [1.165, 1.54) is 6.33 Å². The van der Waals surface area contributed by atoms with Crippen LogP contribution in [0.25, 0.3) is 0 Å². The molecule has 0 saturated carbocycles. The average molecular weight is 144 g/mol. The minimum Gasteiger partial charge on any atom is -0.434 e. The fourth-order valence-corrected chi connectivity index (χ4v) is 0.225. The molecule has 0 N–H and O–H groups in total. The topological polar surface area (TPSA) is 25.8 Å². The Hall–Kier alpha value is -0.297. The zero-order chi connectivity index (χ0) is 4.24. The summed E-state index contributed by atoms with van der Waals surface area (Å²) in [5, 5.41) is 0. The van der Waals surface area contributed by atoms with Gasteiger partial charge in [0, 0.05) is 19.5 Å². The molecule has 32 valence electrons. The minimum atomic E-state index is 0. The SMILES string of the molecule is [Zn].[c-]1cncnc1. The predicted octanol–water partition coefficient (Wildman–Crippen LogP) is 0.274. The second-order valence-electron chi connectivity index (χ2n) is 0.838. The second kappa shape index (κ2) is 3.88. The second-order valence-corrected chi connectivity index (χ2v) is 0.838. The normalized spacial score (nSPS) is 6.86. The molecule has 0 fully saturated rings. The molecule has 1 heterocycles. The smallest absolute Gasteiger partial charge is 0.108 e. The summed E-state index contributed by atoms with van der Waals surface area (Å²) < 4.78 is 0. The molecule has 0 aliphatic heterocycles. The number of aromatic nitrogens is 2. The summed E-state index contributed by atoms with van der Waals surface area (Å²) in [4.78, 5) is 7.24. The summed E-state index contributed by atoms with van der Waals surface area (Å²) in [7, 11) is 0. The Labute approximate surface area is 54.8 Å². The molecule has 3 heteroatoms. The maximum absolute atomic E-state index is 3.62. The maximum atomic E-state index is 3.62. The number of nitrogens with zero attached hydrogens (tertiary/aromatic N) is 2. The van der Waals surface area contributed by atoms with Crippen molar-refractivity contribution in [2.24, 2.45) is 0 Å². The van der Waals surface area contributed by atoms with Gasteiger partial charge < -0.3 is 6.07 Å². The molecule has 0 amide bonds. The molecule has 0 aliphatic carbocycles. The van der Waals surface area contributed by atoms with Crippen molar-refractivity contribution in [2.75, 3.05) is 0 Å². The van der Waals surface area contributed by atoms with Crippen LogP contribution in [-0.2, 0) is 19.5 Å². The molecule has 1 rings (SSSR count). The first-order valence-corrected chi connectivity index (χ1v) is 1.61. The Kier molecular flexibility index (Phi) is 3.71. The van der Waals surface area contributed by atoms with Crippen LogP contribution in [0, 0.1) is 6.07 Å². The zero-order valence-electron chi connectivity index (χ0n) is 3.83. The van der Waals surface area contributed by atoms with Crippen LogP contribution in [0.2, 0.25) is 0 Å². The minimum absolute atomic E-state index is 0. The van der Waals surface area contributed by atoms with E-state index < -0.39 is 0 Å². The molecular weight excluding hydrogens is 141 g/mol. The van der Waals surface area contributed by atoms with Gasteiger partial charge in [0.2, 0.25) is 0 Å². The molecule has 0 unspecified atom stereocenters. The summed E-state index contributed by atoms with van der Waals surface area (Å²) in [5.74, 6) is 0. The third kappa shape index (κ3) is 2.40. The number of hydrogen-bond donors (Lipinski definition) is 0. The standard InChI is InChI=1S/C4H3N2.Zn/c1-2-5-4-6-3-1;/h2-4H;/q-1;. The number of rotatable bonds is 0. The Morgan fingerprint density at radius 2 is 1.71 bits per heavy atom. The van der Waals surface area contributed by atoms with Crippen LogP contribution in [0.1, 0.15) is 0 Å². The molecule has 0 saturated heterocycles. The van der Waals surface area contributed by atoms with E-state index in [2.05, 4.69) is 16.0 Å². The molecule has 0 aromatic carbocycles. The first-order chi connectivity index (χ1) is 3.00. The van der Waals surface area contributed by atoms with E-state index in [0.717, 1.165) is 0 Å². The molecule has 0 bridgehead atoms. The van der Waals surface area contributed by atoms with Crippen LogP contribution in [0.3, 0.4) is 0 Å². The average Bonchev–Trinajstić information content (AvgIpc) is 1.72. The largest absolute Gasteiger partial charge is 0.434 e. The van der Waals surface area contributed by atoms with E-state index in [0.29, 0.717) is 0 Å². The molecule has 1 aromatic rings. The maximum Gasteiger partial charge on any atom is 0.108 e. The van der Waals surface area contributed by atoms with Gasteiger partial charge in [0.1, 0.15) is 6.33 Å². The summed E-state index contributed by atoms with van der Waals surface area (Å²) in [6.45, 7) is 0. The molecule has 1 aromatic heterocycles. The van der Waals surface area contributed by atoms with Gasteiger partial charge in [0.25, 0.3) is 0 Å². The molecule has 0 aliphatic rings. The molecule has 2 nitrogen and oxygen atoms in total. The fourth-order valence-electron chi connectivity index (χ4n) is 0.225. The molecule has 7 heavy (non-hydrogen) atoms. The van der Waals surface area contributed by atoms with Crippen molar-refractivity contribution in [1.82, 2.24) is 9.97 Å². The van der Waals surface area contributed by atoms with Crippen LogP contribution in [0.15, 0.2) is 18.7 Å². The Balaban J connectivity index is 0.000000360.